The van der Waals surface area contributed by atoms with Crippen molar-refractivity contribution in [2.75, 3.05) is 0 Å². The summed E-state index contributed by atoms with van der Waals surface area (Å²) in [5.41, 5.74) is 2.13. The van der Waals surface area contributed by atoms with Gasteiger partial charge in [0.2, 0.25) is 0 Å². The standard InChI is InChI=1S/C10H12ClN3S2/c1-7-5-15-9(13-7)6-16-10-12-4-8(3-11)14(10)2/h4-5H,3,6H2,1-2H3. The number of thiazole rings is 1. The Balaban J connectivity index is 2.02. The van der Waals surface area contributed by atoms with Crippen molar-refractivity contribution in [3.05, 3.63) is 28.0 Å². The second-order valence-electron chi connectivity index (χ2n) is 3.40. The summed E-state index contributed by atoms with van der Waals surface area (Å²) in [5, 5.41) is 4.19. The first-order chi connectivity index (χ1) is 7.70. The summed E-state index contributed by atoms with van der Waals surface area (Å²) in [4.78, 5) is 8.74. The van der Waals surface area contributed by atoms with Gasteiger partial charge in [0.15, 0.2) is 5.16 Å². The molecule has 2 aromatic heterocycles. The largest absolute Gasteiger partial charge is 0.325 e. The van der Waals surface area contributed by atoms with Crippen molar-refractivity contribution >= 4 is 34.7 Å². The first-order valence-electron chi connectivity index (χ1n) is 4.81. The number of rotatable bonds is 4. The third-order valence-corrected chi connectivity index (χ3v) is 4.65. The monoisotopic (exact) mass is 273 g/mol. The highest BCUT2D eigenvalue weighted by Crippen LogP contribution is 2.24. The third kappa shape index (κ3) is 2.59. The van der Waals surface area contributed by atoms with E-state index in [4.69, 9.17) is 11.6 Å². The zero-order valence-corrected chi connectivity index (χ0v) is 11.5. The molecule has 0 saturated carbocycles. The van der Waals surface area contributed by atoms with Crippen LogP contribution in [-0.2, 0) is 18.7 Å². The average Bonchev–Trinajstić information content (AvgIpc) is 2.83. The van der Waals surface area contributed by atoms with Crippen LogP contribution in [0.4, 0.5) is 0 Å². The predicted octanol–water partition coefficient (Wildman–Crippen LogP) is 3.22. The summed E-state index contributed by atoms with van der Waals surface area (Å²) < 4.78 is 2.03. The van der Waals surface area contributed by atoms with Gasteiger partial charge in [-0.25, -0.2) is 9.97 Å². The molecule has 86 valence electrons. The van der Waals surface area contributed by atoms with Gasteiger partial charge in [-0.15, -0.1) is 22.9 Å². The van der Waals surface area contributed by atoms with Crippen molar-refractivity contribution in [1.29, 1.82) is 0 Å². The molecule has 2 heterocycles. The van der Waals surface area contributed by atoms with E-state index >= 15 is 0 Å². The molecule has 2 aromatic rings. The van der Waals surface area contributed by atoms with Gasteiger partial charge >= 0.3 is 0 Å². The molecule has 0 spiro atoms. The van der Waals surface area contributed by atoms with Crippen molar-refractivity contribution < 1.29 is 0 Å². The summed E-state index contributed by atoms with van der Waals surface area (Å²) in [6, 6.07) is 0. The average molecular weight is 274 g/mol. The topological polar surface area (TPSA) is 30.7 Å². The maximum Gasteiger partial charge on any atom is 0.168 e. The quantitative estimate of drug-likeness (QED) is 0.633. The molecule has 0 unspecified atom stereocenters. The number of thioether (sulfide) groups is 1. The zero-order valence-electron chi connectivity index (χ0n) is 9.11. The van der Waals surface area contributed by atoms with Crippen LogP contribution in [-0.4, -0.2) is 14.5 Å². The van der Waals surface area contributed by atoms with Gasteiger partial charge in [-0.3, -0.25) is 0 Å². The van der Waals surface area contributed by atoms with Crippen molar-refractivity contribution in [3.8, 4) is 0 Å². The molecule has 16 heavy (non-hydrogen) atoms. The van der Waals surface area contributed by atoms with E-state index in [0.717, 1.165) is 27.3 Å². The van der Waals surface area contributed by atoms with Crippen LogP contribution in [0.3, 0.4) is 0 Å². The van der Waals surface area contributed by atoms with Crippen molar-refractivity contribution in [3.63, 3.8) is 0 Å². The molecule has 0 bridgehead atoms. The molecule has 0 aromatic carbocycles. The molecule has 6 heteroatoms. The van der Waals surface area contributed by atoms with Gasteiger partial charge in [0, 0.05) is 18.1 Å². The molecule has 0 fully saturated rings. The lowest BCUT2D eigenvalue weighted by Gasteiger charge is -2.01. The second kappa shape index (κ2) is 5.21. The highest BCUT2D eigenvalue weighted by molar-refractivity contribution is 7.98. The summed E-state index contributed by atoms with van der Waals surface area (Å²) in [6.07, 6.45) is 1.82. The Kier molecular flexibility index (Phi) is 3.89. The Labute approximate surface area is 108 Å². The van der Waals surface area contributed by atoms with Crippen LogP contribution in [0, 0.1) is 6.92 Å². The van der Waals surface area contributed by atoms with E-state index in [1.54, 1.807) is 23.1 Å². The molecule has 3 nitrogen and oxygen atoms in total. The van der Waals surface area contributed by atoms with Crippen LogP contribution >= 0.6 is 34.7 Å². The molecule has 0 atom stereocenters. The van der Waals surface area contributed by atoms with Gasteiger partial charge in [0.1, 0.15) is 5.01 Å². The van der Waals surface area contributed by atoms with E-state index in [-0.39, 0.29) is 0 Å². The Bertz CT molecular complexity index is 478. The Morgan fingerprint density at radius 2 is 2.38 bits per heavy atom. The molecule has 0 saturated heterocycles. The maximum atomic E-state index is 5.79. The molecule has 0 aliphatic rings. The van der Waals surface area contributed by atoms with E-state index in [9.17, 15) is 0 Å². The van der Waals surface area contributed by atoms with Crippen LogP contribution in [0.5, 0.6) is 0 Å². The van der Waals surface area contributed by atoms with Crippen molar-refractivity contribution in [2.45, 2.75) is 23.7 Å². The van der Waals surface area contributed by atoms with Gasteiger partial charge in [0.05, 0.1) is 23.5 Å². The molecule has 0 aliphatic carbocycles. The predicted molar refractivity (Wildman–Crippen MR) is 69.2 cm³/mol. The Morgan fingerprint density at radius 1 is 1.56 bits per heavy atom. The summed E-state index contributed by atoms with van der Waals surface area (Å²) in [5.74, 6) is 1.37. The lowest BCUT2D eigenvalue weighted by Crippen LogP contribution is -1.95. The fraction of sp³-hybridized carbons (Fsp3) is 0.400. The van der Waals surface area contributed by atoms with E-state index in [1.807, 2.05) is 24.7 Å². The highest BCUT2D eigenvalue weighted by atomic mass is 35.5. The van der Waals surface area contributed by atoms with Crippen LogP contribution < -0.4 is 0 Å². The minimum absolute atomic E-state index is 0.500. The number of imidazole rings is 1. The maximum absolute atomic E-state index is 5.79. The van der Waals surface area contributed by atoms with E-state index in [0.29, 0.717) is 5.88 Å². The van der Waals surface area contributed by atoms with Crippen LogP contribution in [0.2, 0.25) is 0 Å². The Morgan fingerprint density at radius 3 is 2.94 bits per heavy atom. The number of alkyl halides is 1. The second-order valence-corrected chi connectivity index (χ2v) is 5.55. The van der Waals surface area contributed by atoms with Gasteiger partial charge in [0.25, 0.3) is 0 Å². The zero-order chi connectivity index (χ0) is 11.5. The molecule has 0 amide bonds. The smallest absolute Gasteiger partial charge is 0.168 e. The Hall–Kier alpha value is -0.520. The minimum atomic E-state index is 0.500. The van der Waals surface area contributed by atoms with Crippen molar-refractivity contribution in [1.82, 2.24) is 14.5 Å². The number of hydrogen-bond donors (Lipinski definition) is 0. The van der Waals surface area contributed by atoms with Crippen LogP contribution in [0.25, 0.3) is 0 Å². The number of aryl methyl sites for hydroxylation is 1. The SMILES string of the molecule is Cc1csc(CSc2ncc(CCl)n2C)n1. The lowest BCUT2D eigenvalue weighted by atomic mass is 10.5. The summed E-state index contributed by atoms with van der Waals surface area (Å²) >= 11 is 9.17. The minimum Gasteiger partial charge on any atom is -0.325 e. The molecular weight excluding hydrogens is 262 g/mol. The first kappa shape index (κ1) is 12.0. The third-order valence-electron chi connectivity index (χ3n) is 2.17. The van der Waals surface area contributed by atoms with Crippen molar-refractivity contribution in [2.24, 2.45) is 7.05 Å². The molecular formula is C10H12ClN3S2. The number of hydrogen-bond acceptors (Lipinski definition) is 4. The highest BCUT2D eigenvalue weighted by Gasteiger charge is 2.07. The molecule has 0 aliphatic heterocycles. The van der Waals surface area contributed by atoms with E-state index in [2.05, 4.69) is 15.3 Å². The van der Waals surface area contributed by atoms with Crippen LogP contribution in [0.1, 0.15) is 16.4 Å². The number of aromatic nitrogens is 3. The summed E-state index contributed by atoms with van der Waals surface area (Å²) in [6.45, 7) is 2.01. The van der Waals surface area contributed by atoms with Gasteiger partial charge < -0.3 is 4.57 Å². The fourth-order valence-electron chi connectivity index (χ4n) is 1.28. The summed E-state index contributed by atoms with van der Waals surface area (Å²) in [7, 11) is 1.99. The van der Waals surface area contributed by atoms with Gasteiger partial charge in [-0.05, 0) is 6.92 Å². The molecule has 0 radical (unpaired) electrons. The fourth-order valence-corrected chi connectivity index (χ4v) is 3.29. The molecule has 2 rings (SSSR count). The first-order valence-corrected chi connectivity index (χ1v) is 7.21. The normalized spacial score (nSPS) is 10.9. The van der Waals surface area contributed by atoms with E-state index < -0.39 is 0 Å². The molecule has 0 N–H and O–H groups in total. The van der Waals surface area contributed by atoms with Crippen LogP contribution in [0.15, 0.2) is 16.7 Å². The van der Waals surface area contributed by atoms with E-state index in [1.165, 1.54) is 0 Å². The van der Waals surface area contributed by atoms with Gasteiger partial charge in [-0.2, -0.15) is 0 Å². The number of nitrogens with zero attached hydrogens (tertiary/aromatic N) is 3. The number of halogens is 1. The van der Waals surface area contributed by atoms with Gasteiger partial charge in [-0.1, -0.05) is 11.8 Å². The lowest BCUT2D eigenvalue weighted by molar-refractivity contribution is 0.761.